The van der Waals surface area contributed by atoms with Crippen LogP contribution in [0.5, 0.6) is 0 Å². The van der Waals surface area contributed by atoms with Gasteiger partial charge in [-0.3, -0.25) is 9.94 Å². The molecule has 3 nitrogen and oxygen atoms in total. The van der Waals surface area contributed by atoms with Gasteiger partial charge in [0.1, 0.15) is 0 Å². The molecule has 0 aromatic heterocycles. The molecule has 0 fully saturated rings. The summed E-state index contributed by atoms with van der Waals surface area (Å²) in [5, 5.41) is 7.06. The summed E-state index contributed by atoms with van der Waals surface area (Å²) < 4.78 is 46.6. The first kappa shape index (κ1) is 12.9. The highest BCUT2D eigenvalue weighted by Gasteiger charge is 2.34. The Morgan fingerprint density at radius 2 is 1.85 bits per heavy atom. The van der Waals surface area contributed by atoms with Gasteiger partial charge >= 0.3 is 6.18 Å². The van der Waals surface area contributed by atoms with Gasteiger partial charge in [-0.2, -0.15) is 13.2 Å². The summed E-state index contributed by atoms with van der Waals surface area (Å²) in [7, 11) is -3.36. The van der Waals surface area contributed by atoms with E-state index in [0.717, 1.165) is 13.2 Å². The van der Waals surface area contributed by atoms with Crippen LogP contribution in [0.4, 0.5) is 13.2 Å². The molecule has 0 aliphatic heterocycles. The number of nitrogens with two attached hydrogens (primary N) is 1. The molecule has 0 aromatic rings. The normalized spacial score (nSPS) is 19.6. The molecule has 3 N–H and O–H groups in total. The van der Waals surface area contributed by atoms with Gasteiger partial charge in [0.25, 0.3) is 0 Å². The van der Waals surface area contributed by atoms with Crippen LogP contribution in [0.25, 0.3) is 0 Å². The Labute approximate surface area is 75.5 Å². The fraction of sp³-hybridized carbons (Fsp3) is 1.00. The van der Waals surface area contributed by atoms with Crippen LogP contribution in [-0.4, -0.2) is 32.6 Å². The minimum absolute atomic E-state index is 0.625. The first-order valence-corrected chi connectivity index (χ1v) is 5.94. The molecule has 0 radical (unpaired) electrons. The minimum atomic E-state index is -4.36. The highest BCUT2D eigenvalue weighted by molar-refractivity contribution is 8.03. The summed E-state index contributed by atoms with van der Waals surface area (Å²) >= 11 is 0. The highest BCUT2D eigenvalue weighted by atomic mass is 32.2. The van der Waals surface area contributed by atoms with Crippen molar-refractivity contribution in [2.24, 2.45) is 5.73 Å². The fourth-order valence-electron chi connectivity index (χ4n) is 0.566. The van der Waals surface area contributed by atoms with Crippen molar-refractivity contribution in [1.82, 2.24) is 0 Å². The third-order valence-corrected chi connectivity index (χ3v) is 4.77. The summed E-state index contributed by atoms with van der Waals surface area (Å²) in [6.45, 7) is 1.05. The second-order valence-corrected chi connectivity index (χ2v) is 6.84. The van der Waals surface area contributed by atoms with Gasteiger partial charge in [-0.25, -0.2) is 0 Å². The zero-order chi connectivity index (χ0) is 10.9. The van der Waals surface area contributed by atoms with Crippen LogP contribution < -0.4 is 5.73 Å². The monoisotopic (exact) mass is 221 g/mol. The fourth-order valence-corrected chi connectivity index (χ4v) is 1.70. The molecule has 13 heavy (non-hydrogen) atoms. The number of thiol groups is 1. The van der Waals surface area contributed by atoms with Crippen molar-refractivity contribution in [2.75, 3.05) is 12.0 Å². The van der Waals surface area contributed by atoms with Gasteiger partial charge in [-0.05, 0) is 13.2 Å². The van der Waals surface area contributed by atoms with E-state index in [4.69, 9.17) is 10.8 Å². The van der Waals surface area contributed by atoms with E-state index in [9.17, 15) is 17.4 Å². The van der Waals surface area contributed by atoms with Gasteiger partial charge in [-0.15, -0.1) is 0 Å². The third-order valence-electron chi connectivity index (χ3n) is 1.78. The minimum Gasteiger partial charge on any atom is -0.367 e. The van der Waals surface area contributed by atoms with E-state index in [0.29, 0.717) is 0 Å². The lowest BCUT2D eigenvalue weighted by molar-refractivity contribution is -0.130. The number of alkyl halides is 3. The van der Waals surface area contributed by atoms with Crippen LogP contribution in [-0.2, 0) is 9.93 Å². The topological polar surface area (TPSA) is 63.3 Å². The van der Waals surface area contributed by atoms with Crippen LogP contribution in [0.1, 0.15) is 13.3 Å². The lowest BCUT2D eigenvalue weighted by Crippen LogP contribution is -2.50. The number of aliphatic hydroxyl groups is 1. The Morgan fingerprint density at radius 3 is 2.08 bits per heavy atom. The van der Waals surface area contributed by atoms with Crippen molar-refractivity contribution in [3.63, 3.8) is 0 Å². The molecule has 0 aliphatic rings. The molecule has 0 saturated carbocycles. The van der Waals surface area contributed by atoms with Gasteiger partial charge in [0.05, 0.1) is 6.42 Å². The van der Waals surface area contributed by atoms with Gasteiger partial charge < -0.3 is 5.11 Å². The molecule has 0 spiro atoms. The number of hydrogen-bond donors (Lipinski definition) is 3. The van der Waals surface area contributed by atoms with E-state index in [1.165, 1.54) is 0 Å². The maximum absolute atomic E-state index is 11.7. The molecule has 0 bridgehead atoms. The molecular weight excluding hydrogens is 207 g/mol. The summed E-state index contributed by atoms with van der Waals surface area (Å²) in [5.41, 5.74) is 5.07. The maximum atomic E-state index is 11.7. The zero-order valence-corrected chi connectivity index (χ0v) is 8.32. The largest absolute Gasteiger partial charge is 0.389 e. The molecule has 0 heterocycles. The predicted molar refractivity (Wildman–Crippen MR) is 45.8 cm³/mol. The van der Waals surface area contributed by atoms with E-state index in [-0.39, 0.29) is 0 Å². The first-order chi connectivity index (χ1) is 5.46. The Bertz CT molecular complexity index is 221. The van der Waals surface area contributed by atoms with Crippen LogP contribution >= 0.6 is 0 Å². The molecule has 7 heteroatoms. The zero-order valence-electron chi connectivity index (χ0n) is 7.43. The van der Waals surface area contributed by atoms with Crippen molar-refractivity contribution in [3.8, 4) is 0 Å². The second kappa shape index (κ2) is 3.55. The van der Waals surface area contributed by atoms with E-state index in [1.54, 1.807) is 0 Å². The number of halogens is 3. The summed E-state index contributed by atoms with van der Waals surface area (Å²) in [5.74, 6) is -0.625. The number of rotatable bonds is 3. The summed E-state index contributed by atoms with van der Waals surface area (Å²) in [6, 6.07) is 0. The molecule has 0 rings (SSSR count). The van der Waals surface area contributed by atoms with Crippen LogP contribution in [0.15, 0.2) is 0 Å². The molecule has 0 amide bonds. The van der Waals surface area contributed by atoms with Crippen LogP contribution in [0, 0.1) is 0 Å². The molecule has 82 valence electrons. The van der Waals surface area contributed by atoms with Crippen molar-refractivity contribution in [2.45, 2.75) is 24.6 Å². The number of hydrogen-bond acceptors (Lipinski definition) is 3. The molecule has 0 saturated heterocycles. The van der Waals surface area contributed by atoms with Crippen LogP contribution in [0.2, 0.25) is 0 Å². The van der Waals surface area contributed by atoms with Crippen molar-refractivity contribution in [1.29, 1.82) is 0 Å². The Balaban J connectivity index is 4.30. The Hall–Kier alpha value is -0.140. The molecule has 1 atom stereocenters. The van der Waals surface area contributed by atoms with Gasteiger partial charge in [0.2, 0.25) is 0 Å². The first-order valence-electron chi connectivity index (χ1n) is 3.60. The van der Waals surface area contributed by atoms with Gasteiger partial charge in [0.15, 0.2) is 5.06 Å². The van der Waals surface area contributed by atoms with Crippen LogP contribution in [0.3, 0.4) is 0 Å². The van der Waals surface area contributed by atoms with E-state index in [1.807, 2.05) is 0 Å². The Kier molecular flexibility index (Phi) is 3.51. The smallest absolute Gasteiger partial charge is 0.367 e. The summed E-state index contributed by atoms with van der Waals surface area (Å²) in [4.78, 5) is 0. The second-order valence-electron chi connectivity index (χ2n) is 3.28. The van der Waals surface area contributed by atoms with Crippen molar-refractivity contribution >= 4 is 9.93 Å². The quantitative estimate of drug-likeness (QED) is 0.471. The van der Waals surface area contributed by atoms with E-state index < -0.39 is 33.3 Å². The van der Waals surface area contributed by atoms with E-state index in [2.05, 4.69) is 0 Å². The van der Waals surface area contributed by atoms with Gasteiger partial charge in [-0.1, -0.05) is 9.93 Å². The Morgan fingerprint density at radius 1 is 1.46 bits per heavy atom. The molecule has 0 aromatic carbocycles. The van der Waals surface area contributed by atoms with Gasteiger partial charge in [0, 0.05) is 5.75 Å². The van der Waals surface area contributed by atoms with E-state index >= 15 is 0 Å². The standard InChI is InChI=1S/C6H14F3NO2S/c1-5(10,11)13(2,12)4-3-6(7,8)9/h11,13H,3-4,10H2,1-2H3. The SMILES string of the molecule is CC(N)(O)[SH](C)(=O)CCC(F)(F)F. The lowest BCUT2D eigenvalue weighted by Gasteiger charge is -2.31. The average molecular weight is 221 g/mol. The average Bonchev–Trinajstić information content (AvgIpc) is 1.79. The predicted octanol–water partition coefficient (Wildman–Crippen LogP) is 0.210. The highest BCUT2D eigenvalue weighted by Crippen LogP contribution is 2.24. The lowest BCUT2D eigenvalue weighted by atomic mass is 10.5. The molecular formula is C6H14F3NO2S. The maximum Gasteiger partial charge on any atom is 0.389 e. The van der Waals surface area contributed by atoms with Crippen molar-refractivity contribution in [3.05, 3.63) is 0 Å². The van der Waals surface area contributed by atoms with Crippen molar-refractivity contribution < 1.29 is 22.5 Å². The summed E-state index contributed by atoms with van der Waals surface area (Å²) in [6.07, 6.45) is -4.48. The third kappa shape index (κ3) is 4.58. The molecule has 1 unspecified atom stereocenters. The molecule has 0 aliphatic carbocycles.